The van der Waals surface area contributed by atoms with E-state index in [1.165, 1.54) is 33.6 Å². The Morgan fingerprint density at radius 3 is 2.14 bits per heavy atom. The molecule has 42 heavy (non-hydrogen) atoms. The van der Waals surface area contributed by atoms with Gasteiger partial charge in [0.15, 0.2) is 0 Å². The van der Waals surface area contributed by atoms with Crippen LogP contribution < -0.4 is 0 Å². The number of aliphatic imine (C=N–C) groups is 1. The first-order valence-corrected chi connectivity index (χ1v) is 15.3. The van der Waals surface area contributed by atoms with Gasteiger partial charge in [0, 0.05) is 29.4 Å². The number of thioether (sulfide) groups is 1. The number of aliphatic hydroxyl groups is 1. The second-order valence-corrected chi connectivity index (χ2v) is 13.9. The van der Waals surface area contributed by atoms with E-state index in [1.54, 1.807) is 6.20 Å². The summed E-state index contributed by atoms with van der Waals surface area (Å²) in [6, 6.07) is 17.2. The van der Waals surface area contributed by atoms with E-state index in [4.69, 9.17) is 0 Å². The number of rotatable bonds is 9. The minimum atomic E-state index is -1.14. The number of carbonyl (C=O) groups is 3. The van der Waals surface area contributed by atoms with Gasteiger partial charge in [-0.3, -0.25) is 19.4 Å². The molecule has 3 amide bonds. The van der Waals surface area contributed by atoms with Gasteiger partial charge in [0.1, 0.15) is 12.1 Å². The zero-order valence-electron chi connectivity index (χ0n) is 25.5. The lowest BCUT2D eigenvalue weighted by atomic mass is 9.95. The Bertz CT molecular complexity index is 1360. The van der Waals surface area contributed by atoms with Gasteiger partial charge >= 0.3 is 0 Å². The zero-order chi connectivity index (χ0) is 30.8. The normalized spacial score (nSPS) is 20.0. The van der Waals surface area contributed by atoms with E-state index < -0.39 is 30.0 Å². The predicted molar refractivity (Wildman–Crippen MR) is 168 cm³/mol. The number of hydrogen-bond donors (Lipinski definition) is 1. The molecule has 0 saturated heterocycles. The Balaban J connectivity index is 1.91. The summed E-state index contributed by atoms with van der Waals surface area (Å²) in [5.41, 5.74) is 1.97. The fourth-order valence-electron chi connectivity index (χ4n) is 5.41. The maximum Gasteiger partial charge on any atom is 0.269 e. The standard InChI is InChI=1S/C33H42N4O4S/c1-21(2)28-32(41)37(27(25-16-12-9-13-17-25)19-35(28)31(40)22(3)4)36(23(5)38)26(18-24-14-10-8-11-15-24)29(39)30-34-20-33(6,7)42-30/h8-17,19,21-22,26,28-29,39H,18,20H2,1-7H3/t26-,28+,29?/m0/s1. The molecule has 224 valence electrons. The van der Waals surface area contributed by atoms with Gasteiger partial charge in [-0.05, 0) is 31.7 Å². The van der Waals surface area contributed by atoms with Crippen molar-refractivity contribution in [2.24, 2.45) is 16.8 Å². The van der Waals surface area contributed by atoms with E-state index >= 15 is 0 Å². The molecule has 2 aliphatic rings. The summed E-state index contributed by atoms with van der Waals surface area (Å²) in [5, 5.41) is 15.2. The van der Waals surface area contributed by atoms with E-state index in [9.17, 15) is 19.5 Å². The largest absolute Gasteiger partial charge is 0.384 e. The second-order valence-electron chi connectivity index (χ2n) is 12.2. The highest BCUT2D eigenvalue weighted by Gasteiger charge is 2.47. The molecule has 9 heteroatoms. The molecule has 0 fully saturated rings. The molecular weight excluding hydrogens is 548 g/mol. The molecular formula is C33H42N4O4S. The molecule has 3 atom stereocenters. The minimum absolute atomic E-state index is 0.177. The number of carbonyl (C=O) groups excluding carboxylic acids is 3. The molecule has 0 aliphatic carbocycles. The summed E-state index contributed by atoms with van der Waals surface area (Å²) in [6.07, 6.45) is 0.837. The van der Waals surface area contributed by atoms with Crippen LogP contribution in [-0.4, -0.2) is 72.3 Å². The molecule has 2 aromatic carbocycles. The molecule has 0 bridgehead atoms. The second kappa shape index (κ2) is 12.8. The van der Waals surface area contributed by atoms with Crippen LogP contribution in [0, 0.1) is 11.8 Å². The first-order chi connectivity index (χ1) is 19.8. The molecule has 0 saturated carbocycles. The van der Waals surface area contributed by atoms with Gasteiger partial charge in [-0.15, -0.1) is 11.8 Å². The highest BCUT2D eigenvalue weighted by atomic mass is 32.2. The average molecular weight is 591 g/mol. The zero-order valence-corrected chi connectivity index (χ0v) is 26.3. The number of hydrogen-bond acceptors (Lipinski definition) is 6. The lowest BCUT2D eigenvalue weighted by molar-refractivity contribution is -0.169. The molecule has 4 rings (SSSR count). The summed E-state index contributed by atoms with van der Waals surface area (Å²) in [5.74, 6) is -1.56. The summed E-state index contributed by atoms with van der Waals surface area (Å²) >= 11 is 1.49. The van der Waals surface area contributed by atoms with Gasteiger partial charge in [0.2, 0.25) is 11.8 Å². The average Bonchev–Trinajstić information content (AvgIpc) is 3.32. The molecule has 0 radical (unpaired) electrons. The van der Waals surface area contributed by atoms with E-state index in [-0.39, 0.29) is 28.9 Å². The van der Waals surface area contributed by atoms with Crippen molar-refractivity contribution in [3.63, 3.8) is 0 Å². The first-order valence-electron chi connectivity index (χ1n) is 14.5. The van der Waals surface area contributed by atoms with Crippen LogP contribution in [0.1, 0.15) is 59.6 Å². The van der Waals surface area contributed by atoms with Crippen LogP contribution in [0.5, 0.6) is 0 Å². The summed E-state index contributed by atoms with van der Waals surface area (Å²) in [6.45, 7) is 13.5. The van der Waals surface area contributed by atoms with Crippen molar-refractivity contribution < 1.29 is 19.5 Å². The smallest absolute Gasteiger partial charge is 0.269 e. The molecule has 8 nitrogen and oxygen atoms in total. The van der Waals surface area contributed by atoms with Gasteiger partial charge in [0.05, 0.1) is 23.3 Å². The van der Waals surface area contributed by atoms with Crippen molar-refractivity contribution in [3.8, 4) is 0 Å². The lowest BCUT2D eigenvalue weighted by Gasteiger charge is -2.48. The van der Waals surface area contributed by atoms with Crippen LogP contribution in [0.4, 0.5) is 0 Å². The minimum Gasteiger partial charge on any atom is -0.384 e. The Labute approximate surface area is 253 Å². The van der Waals surface area contributed by atoms with E-state index in [2.05, 4.69) is 18.8 Å². The van der Waals surface area contributed by atoms with Crippen LogP contribution in [0.3, 0.4) is 0 Å². The first kappa shape index (κ1) is 31.5. The molecule has 0 aromatic heterocycles. The Kier molecular flexibility index (Phi) is 9.63. The number of aliphatic hydroxyl groups excluding tert-OH is 1. The quantitative estimate of drug-likeness (QED) is 0.444. The Hall–Kier alpha value is -3.43. The van der Waals surface area contributed by atoms with Crippen molar-refractivity contribution in [2.45, 2.75) is 77.8 Å². The van der Waals surface area contributed by atoms with Gasteiger partial charge in [0.25, 0.3) is 5.91 Å². The van der Waals surface area contributed by atoms with Gasteiger partial charge in [-0.25, -0.2) is 10.0 Å². The predicted octanol–water partition coefficient (Wildman–Crippen LogP) is 5.00. The third kappa shape index (κ3) is 6.63. The number of nitrogens with zero attached hydrogens (tertiary/aromatic N) is 4. The number of benzene rings is 2. The van der Waals surface area contributed by atoms with E-state index in [0.717, 1.165) is 5.56 Å². The number of amides is 3. The van der Waals surface area contributed by atoms with Crippen LogP contribution in [0.2, 0.25) is 0 Å². The van der Waals surface area contributed by atoms with Crippen molar-refractivity contribution in [1.29, 1.82) is 0 Å². The van der Waals surface area contributed by atoms with Crippen molar-refractivity contribution >= 4 is 40.2 Å². The summed E-state index contributed by atoms with van der Waals surface area (Å²) in [4.78, 5) is 47.9. The van der Waals surface area contributed by atoms with E-state index in [1.807, 2.05) is 88.4 Å². The van der Waals surface area contributed by atoms with Gasteiger partial charge in [-0.1, -0.05) is 88.4 Å². The molecule has 1 unspecified atom stereocenters. The molecule has 2 aromatic rings. The van der Waals surface area contributed by atoms with E-state index in [0.29, 0.717) is 22.8 Å². The van der Waals surface area contributed by atoms with Gasteiger partial charge < -0.3 is 10.0 Å². The topological polar surface area (TPSA) is 93.5 Å². The fraction of sp³-hybridized carbons (Fsp3) is 0.455. The monoisotopic (exact) mass is 590 g/mol. The van der Waals surface area contributed by atoms with Crippen molar-refractivity contribution in [1.82, 2.24) is 14.9 Å². The van der Waals surface area contributed by atoms with Crippen LogP contribution >= 0.6 is 11.8 Å². The molecule has 1 N–H and O–H groups in total. The van der Waals surface area contributed by atoms with Crippen molar-refractivity contribution in [2.75, 3.05) is 6.54 Å². The van der Waals surface area contributed by atoms with Crippen LogP contribution in [0.15, 0.2) is 71.9 Å². The van der Waals surface area contributed by atoms with Gasteiger partial charge in [-0.2, -0.15) is 0 Å². The number of hydrazine groups is 1. The van der Waals surface area contributed by atoms with Crippen LogP contribution in [0.25, 0.3) is 5.70 Å². The Morgan fingerprint density at radius 1 is 1.05 bits per heavy atom. The summed E-state index contributed by atoms with van der Waals surface area (Å²) < 4.78 is -0.189. The SMILES string of the molecule is CC(=O)N([C@@H](Cc1ccccc1)C(O)C1=NCC(C)(C)S1)N1C(=O)[C@@H](C(C)C)N(C(=O)C(C)C)C=C1c1ccccc1. The van der Waals surface area contributed by atoms with Crippen LogP contribution in [-0.2, 0) is 20.8 Å². The third-order valence-electron chi connectivity index (χ3n) is 7.45. The fourth-order valence-corrected chi connectivity index (χ4v) is 6.51. The third-order valence-corrected chi connectivity index (χ3v) is 8.72. The lowest BCUT2D eigenvalue weighted by Crippen LogP contribution is -2.64. The van der Waals surface area contributed by atoms with Crippen molar-refractivity contribution in [3.05, 3.63) is 78.0 Å². The molecule has 2 aliphatic heterocycles. The highest BCUT2D eigenvalue weighted by molar-refractivity contribution is 8.15. The highest BCUT2D eigenvalue weighted by Crippen LogP contribution is 2.37. The molecule has 2 heterocycles. The molecule has 0 spiro atoms. The Morgan fingerprint density at radius 2 is 1.64 bits per heavy atom. The maximum atomic E-state index is 14.6. The summed E-state index contributed by atoms with van der Waals surface area (Å²) in [7, 11) is 0. The maximum absolute atomic E-state index is 14.6.